The molecule has 2 fully saturated rings. The lowest BCUT2D eigenvalue weighted by Gasteiger charge is -2.40. The summed E-state index contributed by atoms with van der Waals surface area (Å²) in [6, 6.07) is 0.417. The minimum Gasteiger partial charge on any atom is -0.354 e. The SMILES string of the molecule is CCC1(C(=O)NCC2NCCCC2(C)C)CCCC1.Cl. The molecule has 1 aliphatic carbocycles. The van der Waals surface area contributed by atoms with Gasteiger partial charge in [-0.1, -0.05) is 33.6 Å². The highest BCUT2D eigenvalue weighted by Crippen LogP contribution is 2.41. The van der Waals surface area contributed by atoms with Gasteiger partial charge in [-0.05, 0) is 44.1 Å². The summed E-state index contributed by atoms with van der Waals surface area (Å²) in [6.45, 7) is 8.65. The molecule has 1 amide bonds. The molecule has 0 bridgehead atoms. The number of amides is 1. The van der Waals surface area contributed by atoms with Crippen LogP contribution >= 0.6 is 12.4 Å². The van der Waals surface area contributed by atoms with Gasteiger partial charge in [0, 0.05) is 18.0 Å². The Bertz CT molecular complexity index is 324. The van der Waals surface area contributed by atoms with Crippen LogP contribution in [0.3, 0.4) is 0 Å². The lowest BCUT2D eigenvalue weighted by Crippen LogP contribution is -2.54. The second kappa shape index (κ2) is 7.13. The van der Waals surface area contributed by atoms with Crippen molar-refractivity contribution in [3.8, 4) is 0 Å². The Hall–Kier alpha value is -0.280. The van der Waals surface area contributed by atoms with E-state index in [9.17, 15) is 4.79 Å². The first-order chi connectivity index (χ1) is 9.00. The average Bonchev–Trinajstić information content (AvgIpc) is 2.86. The maximum Gasteiger partial charge on any atom is 0.226 e. The van der Waals surface area contributed by atoms with Gasteiger partial charge in [0.2, 0.25) is 5.91 Å². The van der Waals surface area contributed by atoms with E-state index in [0.29, 0.717) is 17.4 Å². The Morgan fingerprint density at radius 2 is 1.85 bits per heavy atom. The van der Waals surface area contributed by atoms with E-state index in [1.807, 2.05) is 0 Å². The summed E-state index contributed by atoms with van der Waals surface area (Å²) in [6.07, 6.45) is 8.08. The molecular formula is C16H31ClN2O. The first-order valence-corrected chi connectivity index (χ1v) is 8.02. The third kappa shape index (κ3) is 3.67. The minimum atomic E-state index is -0.0567. The summed E-state index contributed by atoms with van der Waals surface area (Å²) in [5.41, 5.74) is 0.236. The summed E-state index contributed by atoms with van der Waals surface area (Å²) in [5, 5.41) is 6.81. The van der Waals surface area contributed by atoms with Crippen molar-refractivity contribution < 1.29 is 4.79 Å². The molecule has 3 nitrogen and oxygen atoms in total. The van der Waals surface area contributed by atoms with Gasteiger partial charge in [-0.2, -0.15) is 0 Å². The molecule has 2 rings (SSSR count). The zero-order chi connectivity index (χ0) is 13.9. The zero-order valence-corrected chi connectivity index (χ0v) is 14.1. The zero-order valence-electron chi connectivity index (χ0n) is 13.3. The largest absolute Gasteiger partial charge is 0.354 e. The molecule has 0 aromatic rings. The van der Waals surface area contributed by atoms with Gasteiger partial charge in [0.1, 0.15) is 0 Å². The van der Waals surface area contributed by atoms with Gasteiger partial charge in [0.15, 0.2) is 0 Å². The van der Waals surface area contributed by atoms with Crippen LogP contribution < -0.4 is 10.6 Å². The summed E-state index contributed by atoms with van der Waals surface area (Å²) < 4.78 is 0. The number of hydrogen-bond donors (Lipinski definition) is 2. The molecule has 1 aliphatic heterocycles. The molecule has 1 saturated carbocycles. The fourth-order valence-corrected chi connectivity index (χ4v) is 3.79. The Balaban J connectivity index is 0.00000200. The molecular weight excluding hydrogens is 272 g/mol. The minimum absolute atomic E-state index is 0. The smallest absolute Gasteiger partial charge is 0.226 e. The number of nitrogens with one attached hydrogen (secondary N) is 2. The van der Waals surface area contributed by atoms with Crippen LogP contribution in [0.5, 0.6) is 0 Å². The molecule has 2 N–H and O–H groups in total. The van der Waals surface area contributed by atoms with Crippen molar-refractivity contribution in [3.63, 3.8) is 0 Å². The summed E-state index contributed by atoms with van der Waals surface area (Å²) in [7, 11) is 0. The highest BCUT2D eigenvalue weighted by molar-refractivity contribution is 5.85. The molecule has 0 spiro atoms. The Morgan fingerprint density at radius 3 is 2.40 bits per heavy atom. The van der Waals surface area contributed by atoms with Crippen molar-refractivity contribution in [3.05, 3.63) is 0 Å². The van der Waals surface area contributed by atoms with E-state index >= 15 is 0 Å². The number of carbonyl (C=O) groups excluding carboxylic acids is 1. The van der Waals surface area contributed by atoms with Crippen molar-refractivity contribution in [1.82, 2.24) is 10.6 Å². The standard InChI is InChI=1S/C16H30N2O.ClH/c1-4-16(9-5-6-10-16)14(19)18-12-13-15(2,3)8-7-11-17-13;/h13,17H,4-12H2,1-3H3,(H,18,19);1H. The number of hydrogen-bond acceptors (Lipinski definition) is 2. The van der Waals surface area contributed by atoms with Crippen molar-refractivity contribution >= 4 is 18.3 Å². The van der Waals surface area contributed by atoms with Gasteiger partial charge in [-0.15, -0.1) is 12.4 Å². The lowest BCUT2D eigenvalue weighted by atomic mass is 9.77. The van der Waals surface area contributed by atoms with E-state index in [2.05, 4.69) is 31.4 Å². The Morgan fingerprint density at radius 1 is 1.20 bits per heavy atom. The molecule has 1 saturated heterocycles. The van der Waals surface area contributed by atoms with Gasteiger partial charge in [-0.3, -0.25) is 4.79 Å². The number of carbonyl (C=O) groups is 1. The second-order valence-corrected chi connectivity index (χ2v) is 7.15. The van der Waals surface area contributed by atoms with Crippen molar-refractivity contribution in [2.45, 2.75) is 71.8 Å². The van der Waals surface area contributed by atoms with Crippen LogP contribution in [0.2, 0.25) is 0 Å². The van der Waals surface area contributed by atoms with Crippen LogP contribution in [0, 0.1) is 10.8 Å². The quantitative estimate of drug-likeness (QED) is 0.837. The van der Waals surface area contributed by atoms with Crippen LogP contribution in [0.1, 0.15) is 65.7 Å². The Kier molecular flexibility index (Phi) is 6.33. The summed E-state index contributed by atoms with van der Waals surface area (Å²) in [5.74, 6) is 0.302. The topological polar surface area (TPSA) is 41.1 Å². The van der Waals surface area contributed by atoms with Crippen LogP contribution in [-0.4, -0.2) is 25.0 Å². The third-order valence-corrected chi connectivity index (χ3v) is 5.52. The maximum absolute atomic E-state index is 12.5. The molecule has 20 heavy (non-hydrogen) atoms. The van der Waals surface area contributed by atoms with Gasteiger partial charge in [0.05, 0.1) is 0 Å². The molecule has 4 heteroatoms. The number of halogens is 1. The second-order valence-electron chi connectivity index (χ2n) is 7.15. The molecule has 1 heterocycles. The van der Waals surface area contributed by atoms with E-state index in [-0.39, 0.29) is 17.8 Å². The molecule has 0 aromatic heterocycles. The van der Waals surface area contributed by atoms with Crippen LogP contribution in [-0.2, 0) is 4.79 Å². The first kappa shape index (κ1) is 17.8. The average molecular weight is 303 g/mol. The van der Waals surface area contributed by atoms with Crippen molar-refractivity contribution in [1.29, 1.82) is 0 Å². The van der Waals surface area contributed by atoms with Crippen LogP contribution in [0.25, 0.3) is 0 Å². The van der Waals surface area contributed by atoms with E-state index in [4.69, 9.17) is 0 Å². The van der Waals surface area contributed by atoms with E-state index < -0.39 is 0 Å². The highest BCUT2D eigenvalue weighted by Gasteiger charge is 2.40. The van der Waals surface area contributed by atoms with Gasteiger partial charge >= 0.3 is 0 Å². The number of piperidine rings is 1. The van der Waals surface area contributed by atoms with E-state index in [1.54, 1.807) is 0 Å². The first-order valence-electron chi connectivity index (χ1n) is 8.02. The van der Waals surface area contributed by atoms with Gasteiger partial charge < -0.3 is 10.6 Å². The van der Waals surface area contributed by atoms with Crippen LogP contribution in [0.15, 0.2) is 0 Å². The molecule has 118 valence electrons. The fraction of sp³-hybridized carbons (Fsp3) is 0.938. The predicted molar refractivity (Wildman–Crippen MR) is 86.3 cm³/mol. The summed E-state index contributed by atoms with van der Waals surface area (Å²) >= 11 is 0. The Labute approximate surface area is 130 Å². The van der Waals surface area contributed by atoms with E-state index in [1.165, 1.54) is 25.7 Å². The normalized spacial score (nSPS) is 27.6. The molecule has 1 unspecified atom stereocenters. The molecule has 0 radical (unpaired) electrons. The molecule has 1 atom stereocenters. The monoisotopic (exact) mass is 302 g/mol. The third-order valence-electron chi connectivity index (χ3n) is 5.52. The molecule has 0 aromatic carbocycles. The maximum atomic E-state index is 12.5. The van der Waals surface area contributed by atoms with E-state index in [0.717, 1.165) is 32.4 Å². The molecule has 2 aliphatic rings. The van der Waals surface area contributed by atoms with Gasteiger partial charge in [-0.25, -0.2) is 0 Å². The lowest BCUT2D eigenvalue weighted by molar-refractivity contribution is -0.131. The number of rotatable bonds is 4. The fourth-order valence-electron chi connectivity index (χ4n) is 3.79. The van der Waals surface area contributed by atoms with Crippen LogP contribution in [0.4, 0.5) is 0 Å². The van der Waals surface area contributed by atoms with Gasteiger partial charge in [0.25, 0.3) is 0 Å². The predicted octanol–water partition coefficient (Wildman–Crippen LogP) is 3.27. The van der Waals surface area contributed by atoms with Crippen molar-refractivity contribution in [2.24, 2.45) is 10.8 Å². The highest BCUT2D eigenvalue weighted by atomic mass is 35.5. The van der Waals surface area contributed by atoms with Crippen molar-refractivity contribution in [2.75, 3.05) is 13.1 Å². The summed E-state index contributed by atoms with van der Waals surface area (Å²) in [4.78, 5) is 12.5.